The molecule has 1 aromatic carbocycles. The van der Waals surface area contributed by atoms with Gasteiger partial charge in [-0.1, -0.05) is 30.3 Å². The zero-order valence-corrected chi connectivity index (χ0v) is 11.2. The molecule has 0 aromatic heterocycles. The van der Waals surface area contributed by atoms with Crippen LogP contribution in [0.2, 0.25) is 0 Å². The summed E-state index contributed by atoms with van der Waals surface area (Å²) in [6.45, 7) is 1.39. The molecule has 2 N–H and O–H groups in total. The Hall–Kier alpha value is -1.43. The third-order valence-electron chi connectivity index (χ3n) is 2.58. The van der Waals surface area contributed by atoms with Gasteiger partial charge in [0.15, 0.2) is 6.10 Å². The second-order valence-corrected chi connectivity index (χ2v) is 4.01. The summed E-state index contributed by atoms with van der Waals surface area (Å²) < 4.78 is 10.3. The zero-order valence-electron chi connectivity index (χ0n) is 11.2. The number of carbonyl (C=O) groups is 1. The first-order chi connectivity index (χ1) is 9.29. The SMILES string of the molecule is COC(C(=O)NCCCOCCO)c1ccccc1. The van der Waals surface area contributed by atoms with Crippen LogP contribution in [-0.4, -0.2) is 44.5 Å². The quantitative estimate of drug-likeness (QED) is 0.652. The molecule has 0 heterocycles. The van der Waals surface area contributed by atoms with Crippen LogP contribution >= 0.6 is 0 Å². The average Bonchev–Trinajstić information content (AvgIpc) is 2.45. The molecule has 0 aliphatic heterocycles. The van der Waals surface area contributed by atoms with E-state index in [4.69, 9.17) is 14.6 Å². The summed E-state index contributed by atoms with van der Waals surface area (Å²) in [5, 5.41) is 11.3. The number of amides is 1. The van der Waals surface area contributed by atoms with Crippen molar-refractivity contribution in [3.8, 4) is 0 Å². The van der Waals surface area contributed by atoms with Crippen molar-refractivity contribution in [1.82, 2.24) is 5.32 Å². The minimum atomic E-state index is -0.584. The molecule has 0 spiro atoms. The molecule has 19 heavy (non-hydrogen) atoms. The van der Waals surface area contributed by atoms with Gasteiger partial charge in [-0.25, -0.2) is 0 Å². The van der Waals surface area contributed by atoms with Gasteiger partial charge in [0.1, 0.15) is 0 Å². The molecule has 1 aromatic rings. The maximum atomic E-state index is 11.9. The van der Waals surface area contributed by atoms with E-state index in [-0.39, 0.29) is 12.5 Å². The number of aliphatic hydroxyl groups excluding tert-OH is 1. The van der Waals surface area contributed by atoms with Crippen LogP contribution in [0, 0.1) is 0 Å². The molecule has 1 unspecified atom stereocenters. The van der Waals surface area contributed by atoms with Crippen LogP contribution < -0.4 is 5.32 Å². The van der Waals surface area contributed by atoms with Gasteiger partial charge in [0.05, 0.1) is 13.2 Å². The summed E-state index contributed by atoms with van der Waals surface area (Å²) in [4.78, 5) is 11.9. The minimum absolute atomic E-state index is 0.0200. The van der Waals surface area contributed by atoms with Crippen molar-refractivity contribution in [2.45, 2.75) is 12.5 Å². The molecule has 106 valence electrons. The van der Waals surface area contributed by atoms with Gasteiger partial charge < -0.3 is 19.9 Å². The Morgan fingerprint density at radius 2 is 2.05 bits per heavy atom. The first-order valence-corrected chi connectivity index (χ1v) is 6.33. The maximum absolute atomic E-state index is 11.9. The lowest BCUT2D eigenvalue weighted by atomic mass is 10.1. The van der Waals surface area contributed by atoms with E-state index < -0.39 is 6.10 Å². The van der Waals surface area contributed by atoms with Gasteiger partial charge >= 0.3 is 0 Å². The number of rotatable bonds is 9. The number of ether oxygens (including phenoxy) is 2. The number of benzene rings is 1. The number of carbonyl (C=O) groups excluding carboxylic acids is 1. The molecule has 1 amide bonds. The third-order valence-corrected chi connectivity index (χ3v) is 2.58. The van der Waals surface area contributed by atoms with E-state index in [2.05, 4.69) is 5.32 Å². The van der Waals surface area contributed by atoms with Gasteiger partial charge in [0.2, 0.25) is 0 Å². The van der Waals surface area contributed by atoms with Gasteiger partial charge in [-0.3, -0.25) is 4.79 Å². The van der Waals surface area contributed by atoms with Crippen molar-refractivity contribution in [2.75, 3.05) is 33.5 Å². The van der Waals surface area contributed by atoms with Crippen molar-refractivity contribution in [3.63, 3.8) is 0 Å². The first-order valence-electron chi connectivity index (χ1n) is 6.33. The highest BCUT2D eigenvalue weighted by Gasteiger charge is 2.18. The standard InChI is InChI=1S/C14H21NO4/c1-18-13(12-6-3-2-4-7-12)14(17)15-8-5-10-19-11-9-16/h2-4,6-7,13,16H,5,8-11H2,1H3,(H,15,17). The number of nitrogens with one attached hydrogen (secondary N) is 1. The molecular formula is C14H21NO4. The summed E-state index contributed by atoms with van der Waals surface area (Å²) >= 11 is 0. The van der Waals surface area contributed by atoms with E-state index in [0.29, 0.717) is 26.2 Å². The Morgan fingerprint density at radius 3 is 2.68 bits per heavy atom. The van der Waals surface area contributed by atoms with E-state index in [1.807, 2.05) is 30.3 Å². The van der Waals surface area contributed by atoms with E-state index in [1.165, 1.54) is 7.11 Å². The molecule has 0 fully saturated rings. The second-order valence-electron chi connectivity index (χ2n) is 4.01. The largest absolute Gasteiger partial charge is 0.394 e. The second kappa shape index (κ2) is 9.49. The van der Waals surface area contributed by atoms with Crippen molar-refractivity contribution in [2.24, 2.45) is 0 Å². The van der Waals surface area contributed by atoms with Crippen LogP contribution in [0.15, 0.2) is 30.3 Å². The predicted octanol–water partition coefficient (Wildman–Crippen LogP) is 0.889. The Labute approximate surface area is 113 Å². The normalized spacial score (nSPS) is 12.1. The monoisotopic (exact) mass is 267 g/mol. The highest BCUT2D eigenvalue weighted by Crippen LogP contribution is 2.15. The lowest BCUT2D eigenvalue weighted by Gasteiger charge is -2.15. The molecule has 0 aliphatic carbocycles. The van der Waals surface area contributed by atoms with Crippen LogP contribution in [0.4, 0.5) is 0 Å². The summed E-state index contributed by atoms with van der Waals surface area (Å²) in [5.41, 5.74) is 0.832. The molecule has 1 atom stereocenters. The summed E-state index contributed by atoms with van der Waals surface area (Å²) in [5.74, 6) is -0.157. The van der Waals surface area contributed by atoms with Gasteiger partial charge in [-0.2, -0.15) is 0 Å². The highest BCUT2D eigenvalue weighted by molar-refractivity contribution is 5.82. The maximum Gasteiger partial charge on any atom is 0.253 e. The van der Waals surface area contributed by atoms with E-state index >= 15 is 0 Å². The fourth-order valence-corrected chi connectivity index (χ4v) is 1.67. The number of hydrogen-bond donors (Lipinski definition) is 2. The van der Waals surface area contributed by atoms with Gasteiger partial charge in [0, 0.05) is 20.3 Å². The molecule has 0 radical (unpaired) electrons. The van der Waals surface area contributed by atoms with Crippen LogP contribution in [0.25, 0.3) is 0 Å². The fraction of sp³-hybridized carbons (Fsp3) is 0.500. The molecule has 5 heteroatoms. The number of hydrogen-bond acceptors (Lipinski definition) is 4. The Balaban J connectivity index is 2.31. The molecule has 0 saturated carbocycles. The van der Waals surface area contributed by atoms with Gasteiger partial charge in [0.25, 0.3) is 5.91 Å². The Kier molecular flexibility index (Phi) is 7.81. The predicted molar refractivity (Wildman–Crippen MR) is 71.7 cm³/mol. The van der Waals surface area contributed by atoms with Crippen LogP contribution in [0.5, 0.6) is 0 Å². The number of methoxy groups -OCH3 is 1. The topological polar surface area (TPSA) is 67.8 Å². The summed E-state index contributed by atoms with van der Waals surface area (Å²) in [7, 11) is 1.52. The minimum Gasteiger partial charge on any atom is -0.394 e. The average molecular weight is 267 g/mol. The zero-order chi connectivity index (χ0) is 13.9. The Morgan fingerprint density at radius 1 is 1.32 bits per heavy atom. The molecule has 5 nitrogen and oxygen atoms in total. The van der Waals surface area contributed by atoms with Crippen molar-refractivity contribution in [3.05, 3.63) is 35.9 Å². The van der Waals surface area contributed by atoms with E-state index in [9.17, 15) is 4.79 Å². The Bertz CT molecular complexity index is 356. The van der Waals surface area contributed by atoms with Crippen molar-refractivity contribution in [1.29, 1.82) is 0 Å². The molecule has 0 bridgehead atoms. The van der Waals surface area contributed by atoms with Crippen LogP contribution in [-0.2, 0) is 14.3 Å². The highest BCUT2D eigenvalue weighted by atomic mass is 16.5. The molecule has 1 rings (SSSR count). The lowest BCUT2D eigenvalue weighted by molar-refractivity contribution is -0.131. The van der Waals surface area contributed by atoms with E-state index in [0.717, 1.165) is 5.56 Å². The fourth-order valence-electron chi connectivity index (χ4n) is 1.67. The van der Waals surface area contributed by atoms with E-state index in [1.54, 1.807) is 0 Å². The first kappa shape index (κ1) is 15.6. The van der Waals surface area contributed by atoms with Crippen LogP contribution in [0.3, 0.4) is 0 Å². The van der Waals surface area contributed by atoms with Gasteiger partial charge in [-0.15, -0.1) is 0 Å². The summed E-state index contributed by atoms with van der Waals surface area (Å²) in [6.07, 6.45) is 0.122. The molecular weight excluding hydrogens is 246 g/mol. The smallest absolute Gasteiger partial charge is 0.253 e. The van der Waals surface area contributed by atoms with Crippen molar-refractivity contribution >= 4 is 5.91 Å². The van der Waals surface area contributed by atoms with Crippen molar-refractivity contribution < 1.29 is 19.4 Å². The lowest BCUT2D eigenvalue weighted by Crippen LogP contribution is -2.31. The third kappa shape index (κ3) is 5.83. The number of aliphatic hydroxyl groups is 1. The van der Waals surface area contributed by atoms with Gasteiger partial charge in [-0.05, 0) is 12.0 Å². The molecule has 0 saturated heterocycles. The van der Waals surface area contributed by atoms with Crippen LogP contribution in [0.1, 0.15) is 18.1 Å². The molecule has 0 aliphatic rings. The summed E-state index contributed by atoms with van der Waals surface area (Å²) in [6, 6.07) is 9.36.